The van der Waals surface area contributed by atoms with E-state index >= 15 is 0 Å². The summed E-state index contributed by atoms with van der Waals surface area (Å²) in [5, 5.41) is 0. The van der Waals surface area contributed by atoms with Crippen LogP contribution in [0.2, 0.25) is 0 Å². The number of methoxy groups -OCH3 is 2. The topological polar surface area (TPSA) is 60.1 Å². The second kappa shape index (κ2) is 4.53. The van der Waals surface area contributed by atoms with Crippen LogP contribution in [-0.4, -0.2) is 38.7 Å². The highest BCUT2D eigenvalue weighted by Crippen LogP contribution is 2.34. The summed E-state index contributed by atoms with van der Waals surface area (Å²) in [6.45, 7) is 0.645. The summed E-state index contributed by atoms with van der Waals surface area (Å²) in [6.07, 6.45) is 0. The summed E-state index contributed by atoms with van der Waals surface area (Å²) in [4.78, 5) is 6.17. The minimum Gasteiger partial charge on any atom is -0.497 e. The van der Waals surface area contributed by atoms with Gasteiger partial charge in [-0.3, -0.25) is 4.99 Å². The molecular weight excluding hydrogens is 218 g/mol. The number of benzene rings is 1. The van der Waals surface area contributed by atoms with Crippen LogP contribution >= 0.6 is 0 Å². The molecule has 0 radical (unpaired) electrons. The summed E-state index contributed by atoms with van der Waals surface area (Å²) in [5.41, 5.74) is 6.81. The summed E-state index contributed by atoms with van der Waals surface area (Å²) in [6, 6.07) is 5.85. The molecule has 1 heterocycles. The zero-order chi connectivity index (χ0) is 12.4. The van der Waals surface area contributed by atoms with Gasteiger partial charge in [-0.15, -0.1) is 0 Å². The Balaban J connectivity index is 2.37. The molecule has 1 aliphatic heterocycles. The van der Waals surface area contributed by atoms with Gasteiger partial charge in [0.05, 0.1) is 26.8 Å². The fraction of sp³-hybridized carbons (Fsp3) is 0.417. The summed E-state index contributed by atoms with van der Waals surface area (Å²) >= 11 is 0. The minimum atomic E-state index is 0.111. The van der Waals surface area contributed by atoms with Gasteiger partial charge in [0, 0.05) is 12.6 Å². The third-order valence-electron chi connectivity index (χ3n) is 3.05. The standard InChI is InChI=1S/C12H17N3O2/c1-15-10(7-14-12(15)13)9-6-8(16-2)4-5-11(9)17-3/h4-6,10H,7H2,1-3H3,(H2,13,14). The second-order valence-electron chi connectivity index (χ2n) is 3.93. The smallest absolute Gasteiger partial charge is 0.191 e. The monoisotopic (exact) mass is 235 g/mol. The number of rotatable bonds is 3. The van der Waals surface area contributed by atoms with E-state index < -0.39 is 0 Å². The fourth-order valence-electron chi connectivity index (χ4n) is 1.98. The molecular formula is C12H17N3O2. The van der Waals surface area contributed by atoms with Crippen LogP contribution in [-0.2, 0) is 0 Å². The van der Waals surface area contributed by atoms with Crippen LogP contribution in [0.1, 0.15) is 11.6 Å². The molecule has 1 aromatic carbocycles. The van der Waals surface area contributed by atoms with Crippen molar-refractivity contribution in [2.45, 2.75) is 6.04 Å². The van der Waals surface area contributed by atoms with E-state index in [9.17, 15) is 0 Å². The van der Waals surface area contributed by atoms with Crippen molar-refractivity contribution in [3.8, 4) is 11.5 Å². The first-order valence-corrected chi connectivity index (χ1v) is 5.42. The first-order valence-electron chi connectivity index (χ1n) is 5.42. The molecule has 0 fully saturated rings. The molecule has 1 unspecified atom stereocenters. The van der Waals surface area contributed by atoms with Crippen molar-refractivity contribution in [2.24, 2.45) is 10.7 Å². The average molecular weight is 235 g/mol. The number of hydrogen-bond acceptors (Lipinski definition) is 5. The van der Waals surface area contributed by atoms with Gasteiger partial charge >= 0.3 is 0 Å². The van der Waals surface area contributed by atoms with E-state index in [1.165, 1.54) is 0 Å². The Kier molecular flexibility index (Phi) is 3.08. The van der Waals surface area contributed by atoms with E-state index in [0.717, 1.165) is 17.1 Å². The van der Waals surface area contributed by atoms with Crippen molar-refractivity contribution in [1.29, 1.82) is 0 Å². The van der Waals surface area contributed by atoms with E-state index in [1.54, 1.807) is 14.2 Å². The molecule has 0 bridgehead atoms. The quantitative estimate of drug-likeness (QED) is 0.849. The maximum Gasteiger partial charge on any atom is 0.191 e. The first kappa shape index (κ1) is 11.6. The number of nitrogens with zero attached hydrogens (tertiary/aromatic N) is 2. The number of guanidine groups is 1. The molecule has 0 spiro atoms. The zero-order valence-corrected chi connectivity index (χ0v) is 10.3. The number of hydrogen-bond donors (Lipinski definition) is 1. The molecule has 0 aliphatic carbocycles. The van der Waals surface area contributed by atoms with Crippen LogP contribution in [0, 0.1) is 0 Å². The highest BCUT2D eigenvalue weighted by molar-refractivity contribution is 5.80. The normalized spacial score (nSPS) is 19.1. The largest absolute Gasteiger partial charge is 0.497 e. The molecule has 0 aromatic heterocycles. The number of likely N-dealkylation sites (N-methyl/N-ethyl adjacent to an activating group) is 1. The van der Waals surface area contributed by atoms with Crippen LogP contribution in [0.25, 0.3) is 0 Å². The average Bonchev–Trinajstić information content (AvgIpc) is 2.69. The van der Waals surface area contributed by atoms with Gasteiger partial charge in [0.1, 0.15) is 11.5 Å². The highest BCUT2D eigenvalue weighted by Gasteiger charge is 2.27. The van der Waals surface area contributed by atoms with Crippen LogP contribution in [0.4, 0.5) is 0 Å². The van der Waals surface area contributed by atoms with E-state index in [-0.39, 0.29) is 6.04 Å². The molecule has 1 atom stereocenters. The molecule has 0 saturated heterocycles. The second-order valence-corrected chi connectivity index (χ2v) is 3.93. The van der Waals surface area contributed by atoms with Crippen LogP contribution in [0.5, 0.6) is 11.5 Å². The van der Waals surface area contributed by atoms with E-state index in [1.807, 2.05) is 30.1 Å². The molecule has 2 N–H and O–H groups in total. The molecule has 0 saturated carbocycles. The van der Waals surface area contributed by atoms with Crippen molar-refractivity contribution in [1.82, 2.24) is 4.90 Å². The van der Waals surface area contributed by atoms with Gasteiger partial charge in [-0.1, -0.05) is 0 Å². The zero-order valence-electron chi connectivity index (χ0n) is 10.3. The van der Waals surface area contributed by atoms with E-state index in [4.69, 9.17) is 15.2 Å². The molecule has 92 valence electrons. The lowest BCUT2D eigenvalue weighted by molar-refractivity contribution is 0.365. The van der Waals surface area contributed by atoms with Crippen LogP contribution < -0.4 is 15.2 Å². The lowest BCUT2D eigenvalue weighted by atomic mass is 10.0. The van der Waals surface area contributed by atoms with Gasteiger partial charge in [-0.25, -0.2) is 0 Å². The summed E-state index contributed by atoms with van der Waals surface area (Å²) in [5.74, 6) is 2.19. The fourth-order valence-corrected chi connectivity index (χ4v) is 1.98. The van der Waals surface area contributed by atoms with Gasteiger partial charge in [-0.2, -0.15) is 0 Å². The minimum absolute atomic E-state index is 0.111. The van der Waals surface area contributed by atoms with E-state index in [2.05, 4.69) is 4.99 Å². The molecule has 1 aliphatic rings. The third-order valence-corrected chi connectivity index (χ3v) is 3.05. The Bertz CT molecular complexity index is 445. The molecule has 0 amide bonds. The number of aliphatic imine (C=N–C) groups is 1. The van der Waals surface area contributed by atoms with Crippen LogP contribution in [0.3, 0.4) is 0 Å². The SMILES string of the molecule is COc1ccc(OC)c(C2CN=C(N)N2C)c1. The van der Waals surface area contributed by atoms with Gasteiger partial charge < -0.3 is 20.1 Å². The Labute approximate surface area is 101 Å². The van der Waals surface area contributed by atoms with Crippen LogP contribution in [0.15, 0.2) is 23.2 Å². The maximum atomic E-state index is 5.77. The highest BCUT2D eigenvalue weighted by atomic mass is 16.5. The maximum absolute atomic E-state index is 5.77. The van der Waals surface area contributed by atoms with E-state index in [0.29, 0.717) is 12.5 Å². The van der Waals surface area contributed by atoms with Gasteiger partial charge in [0.2, 0.25) is 0 Å². The molecule has 5 nitrogen and oxygen atoms in total. The van der Waals surface area contributed by atoms with Gasteiger partial charge in [-0.05, 0) is 18.2 Å². The molecule has 5 heteroatoms. The predicted octanol–water partition coefficient (Wildman–Crippen LogP) is 1.00. The third kappa shape index (κ3) is 2.00. The Morgan fingerprint density at radius 2 is 2.12 bits per heavy atom. The predicted molar refractivity (Wildman–Crippen MR) is 66.5 cm³/mol. The molecule has 1 aromatic rings. The Morgan fingerprint density at radius 1 is 1.35 bits per heavy atom. The van der Waals surface area contributed by atoms with Crippen molar-refractivity contribution >= 4 is 5.96 Å². The van der Waals surface area contributed by atoms with Crippen molar-refractivity contribution < 1.29 is 9.47 Å². The van der Waals surface area contributed by atoms with Crippen molar-refractivity contribution in [2.75, 3.05) is 27.8 Å². The van der Waals surface area contributed by atoms with Gasteiger partial charge in [0.15, 0.2) is 5.96 Å². The van der Waals surface area contributed by atoms with Crippen molar-refractivity contribution in [3.05, 3.63) is 23.8 Å². The Morgan fingerprint density at radius 3 is 2.65 bits per heavy atom. The molecule has 2 rings (SSSR count). The lowest BCUT2D eigenvalue weighted by Gasteiger charge is -2.23. The first-order chi connectivity index (χ1) is 8.17. The van der Waals surface area contributed by atoms with Crippen molar-refractivity contribution in [3.63, 3.8) is 0 Å². The number of ether oxygens (including phenoxy) is 2. The summed E-state index contributed by atoms with van der Waals surface area (Å²) < 4.78 is 10.6. The lowest BCUT2D eigenvalue weighted by Crippen LogP contribution is -2.32. The Hall–Kier alpha value is -1.91. The van der Waals surface area contributed by atoms with Gasteiger partial charge in [0.25, 0.3) is 0 Å². The number of nitrogens with two attached hydrogens (primary N) is 1. The summed E-state index contributed by atoms with van der Waals surface area (Å²) in [7, 11) is 5.23. The molecule has 17 heavy (non-hydrogen) atoms.